The lowest BCUT2D eigenvalue weighted by atomic mass is 9.88. The second-order valence-electron chi connectivity index (χ2n) is 12.8. The molecule has 2 heterocycles. The Morgan fingerprint density at radius 3 is 2.62 bits per heavy atom. The van der Waals surface area contributed by atoms with Crippen LogP contribution in [-0.4, -0.2) is 82.0 Å². The topological polar surface area (TPSA) is 109 Å². The first-order valence-corrected chi connectivity index (χ1v) is 15.6. The Kier molecular flexibility index (Phi) is 10.9. The van der Waals surface area contributed by atoms with Crippen LogP contribution in [0.2, 0.25) is 0 Å². The fourth-order valence-corrected chi connectivity index (χ4v) is 5.99. The highest BCUT2D eigenvalue weighted by atomic mass is 16.5. The lowest BCUT2D eigenvalue weighted by Crippen LogP contribution is -2.53. The molecule has 3 atom stereocenters. The average molecular weight is 587 g/mol. The van der Waals surface area contributed by atoms with Crippen LogP contribution in [0.3, 0.4) is 0 Å². The first-order valence-electron chi connectivity index (χ1n) is 15.6. The quantitative estimate of drug-likeness (QED) is 0.321. The fraction of sp³-hybridized carbons (Fsp3) is 0.719. The van der Waals surface area contributed by atoms with Crippen molar-refractivity contribution >= 4 is 29.1 Å². The molecule has 1 saturated carbocycles. The molecule has 3 amide bonds. The van der Waals surface area contributed by atoms with Crippen LogP contribution in [0.15, 0.2) is 18.2 Å². The average Bonchev–Trinajstić information content (AvgIpc) is 3.79. The highest BCUT2D eigenvalue weighted by Crippen LogP contribution is 2.43. The van der Waals surface area contributed by atoms with Crippen LogP contribution in [0.5, 0.6) is 5.75 Å². The van der Waals surface area contributed by atoms with Crippen molar-refractivity contribution in [2.75, 3.05) is 56.4 Å². The largest absolute Gasteiger partial charge is 0.476 e. The summed E-state index contributed by atoms with van der Waals surface area (Å²) in [5.41, 5.74) is 0.457. The predicted octanol–water partition coefficient (Wildman–Crippen LogP) is 3.52. The molecule has 2 N–H and O–H groups in total. The minimum Gasteiger partial charge on any atom is -0.476 e. The number of methoxy groups -OCH3 is 1. The van der Waals surface area contributed by atoms with Gasteiger partial charge in [0.05, 0.1) is 30.2 Å². The van der Waals surface area contributed by atoms with Gasteiger partial charge in [-0.3, -0.25) is 14.4 Å². The van der Waals surface area contributed by atoms with Crippen LogP contribution >= 0.6 is 0 Å². The van der Waals surface area contributed by atoms with Gasteiger partial charge in [0, 0.05) is 51.7 Å². The Balaban J connectivity index is 1.51. The molecule has 3 aliphatic rings. The van der Waals surface area contributed by atoms with Crippen molar-refractivity contribution in [2.45, 2.75) is 84.4 Å². The maximum Gasteiger partial charge on any atom is 0.270 e. The van der Waals surface area contributed by atoms with Gasteiger partial charge in [0.15, 0.2) is 5.60 Å². The second kappa shape index (κ2) is 14.2. The number of anilines is 2. The molecule has 0 radical (unpaired) electrons. The van der Waals surface area contributed by atoms with E-state index >= 15 is 0 Å². The van der Waals surface area contributed by atoms with Gasteiger partial charge >= 0.3 is 0 Å². The number of hydrogen-bond acceptors (Lipinski definition) is 7. The number of carbonyl (C=O) groups excluding carboxylic acids is 3. The third-order valence-electron chi connectivity index (χ3n) is 8.21. The highest BCUT2D eigenvalue weighted by molar-refractivity contribution is 6.04. The van der Waals surface area contributed by atoms with E-state index in [9.17, 15) is 14.4 Å². The molecule has 1 aromatic carbocycles. The molecule has 4 rings (SSSR count). The standard InChI is InChI=1S/C32H50N4O6/c1-7-41-20-24(15-21(2)3)34-29(37)22-16-23(19-33-18-22)30(38)36(25-9-10-25)26-11-12-28-27(17-26)35(13-8-14-40-6)31(39)32(4,5)42-28/h11-12,17,21-25,33H,7-10,13-16,18-20H2,1-6H3,(H,34,37)/t22-,23+,24?/m0/s1. The molecule has 1 saturated heterocycles. The number of amides is 3. The normalized spacial score (nSPS) is 22.4. The molecular weight excluding hydrogens is 536 g/mol. The Bertz CT molecular complexity index is 1100. The molecule has 10 heteroatoms. The van der Waals surface area contributed by atoms with Gasteiger partial charge < -0.3 is 34.6 Å². The van der Waals surface area contributed by atoms with Crippen molar-refractivity contribution in [3.05, 3.63) is 18.2 Å². The summed E-state index contributed by atoms with van der Waals surface area (Å²) in [6.07, 6.45) is 3.89. The zero-order chi connectivity index (χ0) is 30.4. The van der Waals surface area contributed by atoms with E-state index in [1.54, 1.807) is 25.9 Å². The number of piperidine rings is 1. The van der Waals surface area contributed by atoms with E-state index in [-0.39, 0.29) is 41.6 Å². The lowest BCUT2D eigenvalue weighted by molar-refractivity contribution is -0.132. The van der Waals surface area contributed by atoms with E-state index in [1.807, 2.05) is 30.0 Å². The summed E-state index contributed by atoms with van der Waals surface area (Å²) in [6, 6.07) is 5.77. The molecule has 0 bridgehead atoms. The molecule has 10 nitrogen and oxygen atoms in total. The summed E-state index contributed by atoms with van der Waals surface area (Å²) in [5.74, 6) is 0.322. The van der Waals surface area contributed by atoms with Gasteiger partial charge in [-0.1, -0.05) is 13.8 Å². The van der Waals surface area contributed by atoms with Gasteiger partial charge in [0.25, 0.3) is 5.91 Å². The first-order chi connectivity index (χ1) is 20.1. The van der Waals surface area contributed by atoms with Crippen LogP contribution in [0, 0.1) is 17.8 Å². The van der Waals surface area contributed by atoms with Crippen molar-refractivity contribution in [1.29, 1.82) is 0 Å². The summed E-state index contributed by atoms with van der Waals surface area (Å²) >= 11 is 0. The molecule has 2 fully saturated rings. The summed E-state index contributed by atoms with van der Waals surface area (Å²) < 4.78 is 16.9. The summed E-state index contributed by atoms with van der Waals surface area (Å²) in [5, 5.41) is 6.54. The Hall–Kier alpha value is -2.69. The molecular formula is C32H50N4O6. The van der Waals surface area contributed by atoms with Crippen molar-refractivity contribution in [2.24, 2.45) is 17.8 Å². The van der Waals surface area contributed by atoms with Crippen LogP contribution < -0.4 is 25.2 Å². The van der Waals surface area contributed by atoms with Gasteiger partial charge in [-0.2, -0.15) is 0 Å². The number of nitrogens with zero attached hydrogens (tertiary/aromatic N) is 2. The molecule has 234 valence electrons. The fourth-order valence-electron chi connectivity index (χ4n) is 5.99. The third-order valence-corrected chi connectivity index (χ3v) is 8.21. The van der Waals surface area contributed by atoms with Crippen molar-refractivity contribution in [1.82, 2.24) is 10.6 Å². The summed E-state index contributed by atoms with van der Waals surface area (Å²) in [4.78, 5) is 44.4. The van der Waals surface area contributed by atoms with E-state index in [4.69, 9.17) is 14.2 Å². The molecule has 1 aromatic rings. The number of ether oxygens (including phenoxy) is 3. The van der Waals surface area contributed by atoms with E-state index in [1.165, 1.54) is 0 Å². The van der Waals surface area contributed by atoms with Crippen LogP contribution in [0.1, 0.15) is 66.7 Å². The van der Waals surface area contributed by atoms with E-state index < -0.39 is 5.60 Å². The number of benzene rings is 1. The second-order valence-corrected chi connectivity index (χ2v) is 12.8. The number of rotatable bonds is 14. The van der Waals surface area contributed by atoms with Gasteiger partial charge in [-0.05, 0) is 77.0 Å². The van der Waals surface area contributed by atoms with Crippen molar-refractivity contribution in [3.63, 3.8) is 0 Å². The van der Waals surface area contributed by atoms with Crippen LogP contribution in [-0.2, 0) is 23.9 Å². The smallest absolute Gasteiger partial charge is 0.270 e. The Labute approximate surface area is 250 Å². The number of fused-ring (bicyclic) bond motifs is 1. The zero-order valence-electron chi connectivity index (χ0n) is 26.2. The van der Waals surface area contributed by atoms with Gasteiger partial charge in [-0.15, -0.1) is 0 Å². The van der Waals surface area contributed by atoms with Crippen LogP contribution in [0.25, 0.3) is 0 Å². The monoisotopic (exact) mass is 586 g/mol. The molecule has 2 aliphatic heterocycles. The number of nitrogens with one attached hydrogen (secondary N) is 2. The van der Waals surface area contributed by atoms with E-state index in [0.717, 1.165) is 24.9 Å². The molecule has 42 heavy (non-hydrogen) atoms. The van der Waals surface area contributed by atoms with Crippen molar-refractivity contribution in [3.8, 4) is 5.75 Å². The minimum absolute atomic E-state index is 0.0183. The zero-order valence-corrected chi connectivity index (χ0v) is 26.2. The Morgan fingerprint density at radius 1 is 1.21 bits per heavy atom. The predicted molar refractivity (Wildman–Crippen MR) is 163 cm³/mol. The minimum atomic E-state index is -0.978. The van der Waals surface area contributed by atoms with E-state index in [0.29, 0.717) is 69.7 Å². The van der Waals surface area contributed by atoms with Gasteiger partial charge in [-0.25, -0.2) is 0 Å². The van der Waals surface area contributed by atoms with Crippen molar-refractivity contribution < 1.29 is 28.6 Å². The summed E-state index contributed by atoms with van der Waals surface area (Å²) in [6.45, 7) is 13.0. The van der Waals surface area contributed by atoms with E-state index in [2.05, 4.69) is 24.5 Å². The number of carbonyl (C=O) groups is 3. The molecule has 0 spiro atoms. The molecule has 1 unspecified atom stereocenters. The third kappa shape index (κ3) is 7.82. The maximum absolute atomic E-state index is 14.1. The number of hydrogen-bond donors (Lipinski definition) is 2. The first kappa shape index (κ1) is 32.2. The maximum atomic E-state index is 14.1. The molecule has 0 aromatic heterocycles. The van der Waals surface area contributed by atoms with Gasteiger partial charge in [0.2, 0.25) is 11.8 Å². The SMILES string of the molecule is CCOCC(CC(C)C)NC(=O)[C@@H]1CNC[C@H](C(=O)N(c2ccc3c(c2)N(CCCOC)C(=O)C(C)(C)O3)C2CC2)C1. The lowest BCUT2D eigenvalue weighted by Gasteiger charge is -2.40. The summed E-state index contributed by atoms with van der Waals surface area (Å²) in [7, 11) is 1.65. The molecule has 1 aliphatic carbocycles. The Morgan fingerprint density at radius 2 is 1.95 bits per heavy atom. The van der Waals surface area contributed by atoms with Crippen LogP contribution in [0.4, 0.5) is 11.4 Å². The van der Waals surface area contributed by atoms with Gasteiger partial charge in [0.1, 0.15) is 5.75 Å². The highest BCUT2D eigenvalue weighted by Gasteiger charge is 2.43.